The number of likely N-dealkylation sites (tertiary alicyclic amines) is 1. The number of hydrogen-bond acceptors (Lipinski definition) is 4. The molecule has 2 fully saturated rings. The van der Waals surface area contributed by atoms with Gasteiger partial charge >= 0.3 is 0 Å². The lowest BCUT2D eigenvalue weighted by Crippen LogP contribution is -2.33. The van der Waals surface area contributed by atoms with Crippen LogP contribution in [0, 0.1) is 23.2 Å². The Bertz CT molecular complexity index is 539. The van der Waals surface area contributed by atoms with Crippen molar-refractivity contribution in [3.8, 4) is 6.07 Å². The van der Waals surface area contributed by atoms with E-state index in [1.54, 1.807) is 18.2 Å². The van der Waals surface area contributed by atoms with Crippen molar-refractivity contribution < 1.29 is 4.79 Å². The van der Waals surface area contributed by atoms with Gasteiger partial charge in [-0.25, -0.2) is 0 Å². The molecule has 20 heavy (non-hydrogen) atoms. The van der Waals surface area contributed by atoms with Crippen molar-refractivity contribution >= 4 is 11.6 Å². The third-order valence-electron chi connectivity index (χ3n) is 4.15. The van der Waals surface area contributed by atoms with Crippen molar-refractivity contribution in [3.05, 3.63) is 29.8 Å². The predicted octanol–water partition coefficient (Wildman–Crippen LogP) is 0.648. The van der Waals surface area contributed by atoms with Crippen LogP contribution in [-0.4, -0.2) is 43.5 Å². The van der Waals surface area contributed by atoms with E-state index in [2.05, 4.69) is 21.6 Å². The predicted molar refractivity (Wildman–Crippen MR) is 76.1 cm³/mol. The minimum absolute atomic E-state index is 0.0411. The summed E-state index contributed by atoms with van der Waals surface area (Å²) in [5.74, 6) is 1.34. The van der Waals surface area contributed by atoms with E-state index in [0.29, 0.717) is 29.6 Å². The summed E-state index contributed by atoms with van der Waals surface area (Å²) < 4.78 is 0. The molecule has 2 heterocycles. The maximum Gasteiger partial charge on any atom is 0.238 e. The van der Waals surface area contributed by atoms with Crippen LogP contribution in [0.15, 0.2) is 24.3 Å². The summed E-state index contributed by atoms with van der Waals surface area (Å²) in [7, 11) is 0. The monoisotopic (exact) mass is 270 g/mol. The standard InChI is InChI=1S/C15H18N4O/c16-5-11-3-1-2-4-14(11)18-15(20)10-19-8-12-6-17-7-13(12)9-19/h1-4,12-13,17H,6-10H2,(H,18,20)/t12-,13+. The number of para-hydroxylation sites is 1. The van der Waals surface area contributed by atoms with Gasteiger partial charge < -0.3 is 10.6 Å². The van der Waals surface area contributed by atoms with Crippen molar-refractivity contribution in [1.82, 2.24) is 10.2 Å². The van der Waals surface area contributed by atoms with E-state index in [0.717, 1.165) is 26.2 Å². The van der Waals surface area contributed by atoms with Crippen LogP contribution in [-0.2, 0) is 4.79 Å². The highest BCUT2D eigenvalue weighted by Gasteiger charge is 2.36. The van der Waals surface area contributed by atoms with Gasteiger partial charge in [0, 0.05) is 13.1 Å². The molecule has 104 valence electrons. The second kappa shape index (κ2) is 5.61. The number of nitrogens with one attached hydrogen (secondary N) is 2. The number of carbonyl (C=O) groups excluding carboxylic acids is 1. The van der Waals surface area contributed by atoms with Gasteiger partial charge in [-0.15, -0.1) is 0 Å². The summed E-state index contributed by atoms with van der Waals surface area (Å²) in [5, 5.41) is 15.2. The molecule has 2 aliphatic heterocycles. The first-order valence-corrected chi connectivity index (χ1v) is 6.98. The lowest BCUT2D eigenvalue weighted by Gasteiger charge is -2.16. The molecule has 0 unspecified atom stereocenters. The van der Waals surface area contributed by atoms with Crippen LogP contribution in [0.2, 0.25) is 0 Å². The van der Waals surface area contributed by atoms with Crippen LogP contribution in [0.5, 0.6) is 0 Å². The van der Waals surface area contributed by atoms with Crippen LogP contribution in [0.3, 0.4) is 0 Å². The Hall–Kier alpha value is -1.90. The summed E-state index contributed by atoms with van der Waals surface area (Å²) >= 11 is 0. The molecule has 0 spiro atoms. The zero-order chi connectivity index (χ0) is 13.9. The van der Waals surface area contributed by atoms with E-state index in [9.17, 15) is 4.79 Å². The van der Waals surface area contributed by atoms with E-state index < -0.39 is 0 Å². The molecule has 2 atom stereocenters. The van der Waals surface area contributed by atoms with Gasteiger partial charge in [-0.2, -0.15) is 5.26 Å². The molecule has 0 aromatic heterocycles. The zero-order valence-electron chi connectivity index (χ0n) is 11.3. The van der Waals surface area contributed by atoms with E-state index in [-0.39, 0.29) is 5.91 Å². The number of anilines is 1. The Morgan fingerprint density at radius 1 is 1.35 bits per heavy atom. The van der Waals surface area contributed by atoms with Crippen LogP contribution in [0.1, 0.15) is 5.56 Å². The molecule has 1 amide bonds. The normalized spacial score (nSPS) is 25.1. The summed E-state index contributed by atoms with van der Waals surface area (Å²) in [5.41, 5.74) is 1.10. The molecular formula is C15H18N4O. The van der Waals surface area contributed by atoms with Crippen molar-refractivity contribution in [3.63, 3.8) is 0 Å². The Morgan fingerprint density at radius 2 is 2.05 bits per heavy atom. The van der Waals surface area contributed by atoms with Crippen molar-refractivity contribution in [2.75, 3.05) is 38.0 Å². The Morgan fingerprint density at radius 3 is 2.75 bits per heavy atom. The molecule has 1 aromatic carbocycles. The first-order chi connectivity index (χ1) is 9.76. The molecule has 0 saturated carbocycles. The first kappa shape index (κ1) is 13.1. The first-order valence-electron chi connectivity index (χ1n) is 6.98. The Kier molecular flexibility index (Phi) is 3.68. The number of benzene rings is 1. The number of nitriles is 1. The summed E-state index contributed by atoms with van der Waals surface area (Å²) in [4.78, 5) is 14.3. The minimum atomic E-state index is -0.0411. The molecular weight excluding hydrogens is 252 g/mol. The summed E-state index contributed by atoms with van der Waals surface area (Å²) in [6.45, 7) is 4.53. The average Bonchev–Trinajstić information content (AvgIpc) is 3.00. The third-order valence-corrected chi connectivity index (χ3v) is 4.15. The van der Waals surface area contributed by atoms with E-state index in [1.165, 1.54) is 0 Å². The molecule has 2 aliphatic rings. The number of rotatable bonds is 3. The van der Waals surface area contributed by atoms with Crippen LogP contribution < -0.4 is 10.6 Å². The third kappa shape index (κ3) is 2.67. The lowest BCUT2D eigenvalue weighted by atomic mass is 10.0. The molecule has 1 aromatic rings. The van der Waals surface area contributed by atoms with Gasteiger partial charge in [-0.1, -0.05) is 12.1 Å². The fourth-order valence-corrected chi connectivity index (χ4v) is 3.16. The van der Waals surface area contributed by atoms with E-state index in [1.807, 2.05) is 6.07 Å². The molecule has 0 bridgehead atoms. The van der Waals surface area contributed by atoms with Gasteiger partial charge in [0.1, 0.15) is 6.07 Å². The number of amides is 1. The number of nitrogens with zero attached hydrogens (tertiary/aromatic N) is 2. The number of carbonyl (C=O) groups is 1. The SMILES string of the molecule is N#Cc1ccccc1NC(=O)CN1C[C@H]2CNC[C@H]2C1. The van der Waals surface area contributed by atoms with Gasteiger partial charge in [0.05, 0.1) is 17.8 Å². The maximum atomic E-state index is 12.1. The summed E-state index contributed by atoms with van der Waals surface area (Å²) in [6, 6.07) is 9.18. The highest BCUT2D eigenvalue weighted by molar-refractivity contribution is 5.93. The van der Waals surface area contributed by atoms with Gasteiger partial charge in [0.15, 0.2) is 0 Å². The minimum Gasteiger partial charge on any atom is -0.324 e. The highest BCUT2D eigenvalue weighted by Crippen LogP contribution is 2.26. The van der Waals surface area contributed by atoms with Crippen LogP contribution in [0.25, 0.3) is 0 Å². The molecule has 3 rings (SSSR count). The molecule has 5 nitrogen and oxygen atoms in total. The lowest BCUT2D eigenvalue weighted by molar-refractivity contribution is -0.117. The number of hydrogen-bond donors (Lipinski definition) is 2. The second-order valence-corrected chi connectivity index (χ2v) is 5.58. The Labute approximate surface area is 118 Å². The number of fused-ring (bicyclic) bond motifs is 1. The van der Waals surface area contributed by atoms with Crippen molar-refractivity contribution in [2.45, 2.75) is 0 Å². The fraction of sp³-hybridized carbons (Fsp3) is 0.467. The largest absolute Gasteiger partial charge is 0.324 e. The summed E-state index contributed by atoms with van der Waals surface area (Å²) in [6.07, 6.45) is 0. The fourth-order valence-electron chi connectivity index (χ4n) is 3.16. The quantitative estimate of drug-likeness (QED) is 0.846. The molecule has 5 heteroatoms. The van der Waals surface area contributed by atoms with Gasteiger partial charge in [0.2, 0.25) is 5.91 Å². The van der Waals surface area contributed by atoms with Gasteiger partial charge in [-0.05, 0) is 37.1 Å². The molecule has 0 radical (unpaired) electrons. The maximum absolute atomic E-state index is 12.1. The van der Waals surface area contributed by atoms with E-state index in [4.69, 9.17) is 5.26 Å². The highest BCUT2D eigenvalue weighted by atomic mass is 16.2. The van der Waals surface area contributed by atoms with Crippen molar-refractivity contribution in [1.29, 1.82) is 5.26 Å². The zero-order valence-corrected chi connectivity index (χ0v) is 11.3. The van der Waals surface area contributed by atoms with E-state index >= 15 is 0 Å². The molecule has 2 saturated heterocycles. The van der Waals surface area contributed by atoms with Gasteiger partial charge in [0.25, 0.3) is 0 Å². The average molecular weight is 270 g/mol. The Balaban J connectivity index is 1.57. The van der Waals surface area contributed by atoms with Crippen LogP contribution in [0.4, 0.5) is 5.69 Å². The van der Waals surface area contributed by atoms with Crippen LogP contribution >= 0.6 is 0 Å². The van der Waals surface area contributed by atoms with Gasteiger partial charge in [-0.3, -0.25) is 9.69 Å². The molecule has 0 aliphatic carbocycles. The molecule has 2 N–H and O–H groups in total. The topological polar surface area (TPSA) is 68.2 Å². The smallest absolute Gasteiger partial charge is 0.238 e. The van der Waals surface area contributed by atoms with Crippen molar-refractivity contribution in [2.24, 2.45) is 11.8 Å². The second-order valence-electron chi connectivity index (χ2n) is 5.58.